The summed E-state index contributed by atoms with van der Waals surface area (Å²) in [7, 11) is -0.519. The van der Waals surface area contributed by atoms with Crippen molar-refractivity contribution in [2.24, 2.45) is 0 Å². The second-order valence-corrected chi connectivity index (χ2v) is 7.85. The number of nitrogens with one attached hydrogen (secondary N) is 1. The monoisotopic (exact) mass is 318 g/mol. The highest BCUT2D eigenvalue weighted by Gasteiger charge is 2.52. The predicted octanol–water partition coefficient (Wildman–Crippen LogP) is 3.38. The third-order valence-corrected chi connectivity index (χ3v) is 4.89. The van der Waals surface area contributed by atoms with Crippen molar-refractivity contribution >= 4 is 23.6 Å². The molecule has 0 saturated carbocycles. The summed E-state index contributed by atoms with van der Waals surface area (Å²) in [6.45, 7) is 13.0. The second kappa shape index (κ2) is 4.80. The highest BCUT2D eigenvalue weighted by molar-refractivity contribution is 6.62. The average Bonchev–Trinajstić information content (AvgIpc) is 2.83. The molecule has 0 unspecified atom stereocenters. The fourth-order valence-corrected chi connectivity index (χ4v) is 2.83. The minimum Gasteiger partial charge on any atom is -0.399 e. The highest BCUT2D eigenvalue weighted by Crippen LogP contribution is 2.37. The van der Waals surface area contributed by atoms with Gasteiger partial charge in [0.2, 0.25) is 0 Å². The molecule has 0 aliphatic carbocycles. The Hall–Kier alpha value is -1.40. The maximum atomic E-state index is 14.7. The first-order valence-electron chi connectivity index (χ1n) is 7.96. The fraction of sp³-hybridized carbons (Fsp3) is 0.588. The van der Waals surface area contributed by atoms with Gasteiger partial charge < -0.3 is 14.3 Å². The highest BCUT2D eigenvalue weighted by atomic mass is 19.1. The number of rotatable bonds is 2. The summed E-state index contributed by atoms with van der Waals surface area (Å²) in [4.78, 5) is 7.61. The number of aryl methyl sites for hydroxylation is 1. The summed E-state index contributed by atoms with van der Waals surface area (Å²) in [5.41, 5.74) is 0.457. The Labute approximate surface area is 136 Å². The van der Waals surface area contributed by atoms with Crippen LogP contribution in [0.3, 0.4) is 0 Å². The molecule has 3 rings (SSSR count). The van der Waals surface area contributed by atoms with Gasteiger partial charge in [-0.15, -0.1) is 0 Å². The number of halogens is 1. The number of imidazole rings is 1. The number of hydrogen-bond donors (Lipinski definition) is 1. The van der Waals surface area contributed by atoms with Gasteiger partial charge in [-0.25, -0.2) is 9.37 Å². The van der Waals surface area contributed by atoms with E-state index in [0.29, 0.717) is 11.1 Å². The third-order valence-electron chi connectivity index (χ3n) is 4.89. The quantitative estimate of drug-likeness (QED) is 0.864. The largest absolute Gasteiger partial charge is 0.494 e. The molecule has 0 bridgehead atoms. The summed E-state index contributed by atoms with van der Waals surface area (Å²) < 4.78 is 26.9. The first-order valence-corrected chi connectivity index (χ1v) is 7.96. The molecule has 124 valence electrons. The molecule has 1 fully saturated rings. The van der Waals surface area contributed by atoms with Crippen LogP contribution in [0.2, 0.25) is 0 Å². The van der Waals surface area contributed by atoms with Crippen LogP contribution < -0.4 is 5.46 Å². The van der Waals surface area contributed by atoms with E-state index in [1.807, 2.05) is 46.8 Å². The molecule has 1 aromatic carbocycles. The maximum Gasteiger partial charge on any atom is 0.494 e. The van der Waals surface area contributed by atoms with Crippen molar-refractivity contribution in [2.75, 3.05) is 0 Å². The molecule has 1 saturated heterocycles. The Bertz CT molecular complexity index is 746. The van der Waals surface area contributed by atoms with Crippen LogP contribution in [0.15, 0.2) is 12.1 Å². The van der Waals surface area contributed by atoms with Crippen LogP contribution in [0.1, 0.15) is 52.9 Å². The molecule has 6 heteroatoms. The first-order chi connectivity index (χ1) is 10.4. The zero-order chi connectivity index (χ0) is 17.2. The van der Waals surface area contributed by atoms with Gasteiger partial charge in [0.15, 0.2) is 0 Å². The number of alkyl halides is 1. The minimum absolute atomic E-state index is 0.429. The lowest BCUT2D eigenvalue weighted by molar-refractivity contribution is 0.00578. The van der Waals surface area contributed by atoms with Crippen LogP contribution in [-0.2, 0) is 15.0 Å². The number of hydrogen-bond acceptors (Lipinski definition) is 3. The van der Waals surface area contributed by atoms with Crippen molar-refractivity contribution in [2.45, 2.75) is 65.3 Å². The van der Waals surface area contributed by atoms with Crippen molar-refractivity contribution in [3.8, 4) is 0 Å². The van der Waals surface area contributed by atoms with E-state index in [9.17, 15) is 4.39 Å². The predicted molar refractivity (Wildman–Crippen MR) is 90.7 cm³/mol. The molecule has 2 aromatic rings. The molecular formula is C17H24BFN2O2. The zero-order valence-corrected chi connectivity index (χ0v) is 14.9. The van der Waals surface area contributed by atoms with Gasteiger partial charge in [-0.3, -0.25) is 0 Å². The van der Waals surface area contributed by atoms with E-state index in [4.69, 9.17) is 9.31 Å². The van der Waals surface area contributed by atoms with Crippen LogP contribution in [0, 0.1) is 6.92 Å². The number of aromatic nitrogens is 2. The van der Waals surface area contributed by atoms with E-state index >= 15 is 0 Å². The normalized spacial score (nSPS) is 20.4. The van der Waals surface area contributed by atoms with Gasteiger partial charge in [0.1, 0.15) is 11.5 Å². The van der Waals surface area contributed by atoms with Crippen LogP contribution in [0.5, 0.6) is 0 Å². The summed E-state index contributed by atoms with van der Waals surface area (Å²) in [6.07, 6.45) is 0. The van der Waals surface area contributed by atoms with E-state index in [1.54, 1.807) is 13.8 Å². The SMILES string of the molecule is Cc1nc2c(C(C)(C)F)cc(B3OC(C)(C)C(C)(C)O3)cc2[nH]1. The van der Waals surface area contributed by atoms with Crippen LogP contribution in [0.25, 0.3) is 11.0 Å². The van der Waals surface area contributed by atoms with Crippen molar-refractivity contribution < 1.29 is 13.7 Å². The van der Waals surface area contributed by atoms with E-state index < -0.39 is 24.0 Å². The lowest BCUT2D eigenvalue weighted by Crippen LogP contribution is -2.41. The Morgan fingerprint density at radius 3 is 2.22 bits per heavy atom. The van der Waals surface area contributed by atoms with Gasteiger partial charge in [0, 0.05) is 5.56 Å². The Morgan fingerprint density at radius 2 is 1.70 bits per heavy atom. The Kier molecular flexibility index (Phi) is 3.44. The summed E-state index contributed by atoms with van der Waals surface area (Å²) in [5, 5.41) is 0. The van der Waals surface area contributed by atoms with E-state index in [1.165, 1.54) is 0 Å². The second-order valence-electron chi connectivity index (χ2n) is 7.85. The zero-order valence-electron chi connectivity index (χ0n) is 14.9. The third kappa shape index (κ3) is 2.68. The number of aromatic amines is 1. The number of H-pyrrole nitrogens is 1. The molecule has 4 nitrogen and oxygen atoms in total. The van der Waals surface area contributed by atoms with Gasteiger partial charge in [-0.2, -0.15) is 0 Å². The topological polar surface area (TPSA) is 47.1 Å². The molecule has 0 atom stereocenters. The molecular weight excluding hydrogens is 294 g/mol. The van der Waals surface area contributed by atoms with Gasteiger partial charge in [-0.1, -0.05) is 6.07 Å². The van der Waals surface area contributed by atoms with Crippen molar-refractivity contribution in [1.82, 2.24) is 9.97 Å². The van der Waals surface area contributed by atoms with Crippen molar-refractivity contribution in [1.29, 1.82) is 0 Å². The van der Waals surface area contributed by atoms with Gasteiger partial charge in [0.25, 0.3) is 0 Å². The molecule has 1 aliphatic heterocycles. The summed E-state index contributed by atoms with van der Waals surface area (Å²) >= 11 is 0. The van der Waals surface area contributed by atoms with E-state index in [-0.39, 0.29) is 0 Å². The Balaban J connectivity index is 2.13. The molecule has 0 amide bonds. The number of benzene rings is 1. The smallest absolute Gasteiger partial charge is 0.399 e. The molecule has 0 radical (unpaired) electrons. The fourth-order valence-electron chi connectivity index (χ4n) is 2.83. The molecule has 1 N–H and O–H groups in total. The van der Waals surface area contributed by atoms with Crippen LogP contribution in [0.4, 0.5) is 4.39 Å². The molecule has 1 aliphatic rings. The lowest BCUT2D eigenvalue weighted by Gasteiger charge is -2.32. The summed E-state index contributed by atoms with van der Waals surface area (Å²) in [6, 6.07) is 3.75. The van der Waals surface area contributed by atoms with Gasteiger partial charge in [0.05, 0.1) is 22.2 Å². The van der Waals surface area contributed by atoms with E-state index in [0.717, 1.165) is 16.8 Å². The minimum atomic E-state index is -1.50. The van der Waals surface area contributed by atoms with Gasteiger partial charge >= 0.3 is 7.12 Å². The Morgan fingerprint density at radius 1 is 1.13 bits per heavy atom. The number of nitrogens with zero attached hydrogens (tertiary/aromatic N) is 1. The number of fused-ring (bicyclic) bond motifs is 1. The molecule has 0 spiro atoms. The molecule has 23 heavy (non-hydrogen) atoms. The molecule has 2 heterocycles. The van der Waals surface area contributed by atoms with Gasteiger partial charge in [-0.05, 0) is 60.0 Å². The average molecular weight is 318 g/mol. The standard InChI is InChI=1S/C17H24BFN2O2/c1-10-20-13-9-11(8-12(14(13)21-10)15(2,3)19)18-22-16(4,5)17(6,7)23-18/h8-9H,1-7H3,(H,20,21). The van der Waals surface area contributed by atoms with E-state index in [2.05, 4.69) is 9.97 Å². The lowest BCUT2D eigenvalue weighted by atomic mass is 9.77. The maximum absolute atomic E-state index is 14.7. The van der Waals surface area contributed by atoms with Crippen molar-refractivity contribution in [3.63, 3.8) is 0 Å². The van der Waals surface area contributed by atoms with Crippen molar-refractivity contribution in [3.05, 3.63) is 23.5 Å². The molecule has 1 aromatic heterocycles. The summed E-state index contributed by atoms with van der Waals surface area (Å²) in [5.74, 6) is 0.761. The first kappa shape index (κ1) is 16.5. The van der Waals surface area contributed by atoms with Crippen LogP contribution in [-0.4, -0.2) is 28.3 Å². The van der Waals surface area contributed by atoms with Crippen LogP contribution >= 0.6 is 0 Å².